The van der Waals surface area contributed by atoms with Crippen LogP contribution < -0.4 is 0 Å². The van der Waals surface area contributed by atoms with Crippen molar-refractivity contribution in [3.05, 3.63) is 0 Å². The standard InChI is InChI=1S/C19H32O8/c1-10(15(20)27-16(2,3)4)19(21)14-13(24-18(7,8)26-14)12(25-19)11-9-22-17(5,6)23-11/h10-14,21H,9H2,1-8H3/t10-,11+,12+,13-,14-,19-/m0/s1. The average Bonchev–Trinajstić information content (AvgIpc) is 3.08. The fourth-order valence-corrected chi connectivity index (χ4v) is 3.77. The first-order valence-electron chi connectivity index (χ1n) is 9.44. The highest BCUT2D eigenvalue weighted by molar-refractivity contribution is 5.74. The van der Waals surface area contributed by atoms with E-state index >= 15 is 0 Å². The molecule has 3 fully saturated rings. The summed E-state index contributed by atoms with van der Waals surface area (Å²) in [5.41, 5.74) is -0.683. The quantitative estimate of drug-likeness (QED) is 0.731. The minimum atomic E-state index is -1.90. The van der Waals surface area contributed by atoms with Crippen LogP contribution in [0, 0.1) is 5.92 Å². The van der Waals surface area contributed by atoms with Gasteiger partial charge >= 0.3 is 5.97 Å². The summed E-state index contributed by atoms with van der Waals surface area (Å²) in [7, 11) is 0. The first-order valence-corrected chi connectivity index (χ1v) is 9.44. The van der Waals surface area contributed by atoms with Gasteiger partial charge in [0.2, 0.25) is 5.79 Å². The Balaban J connectivity index is 1.86. The second-order valence-corrected chi connectivity index (χ2v) is 9.48. The van der Waals surface area contributed by atoms with Gasteiger partial charge in [0.15, 0.2) is 11.6 Å². The van der Waals surface area contributed by atoms with Crippen molar-refractivity contribution in [2.24, 2.45) is 5.92 Å². The summed E-state index contributed by atoms with van der Waals surface area (Å²) in [6.45, 7) is 14.3. The van der Waals surface area contributed by atoms with Crippen molar-refractivity contribution in [1.29, 1.82) is 0 Å². The molecule has 0 radical (unpaired) electrons. The minimum Gasteiger partial charge on any atom is -0.460 e. The lowest BCUT2D eigenvalue weighted by molar-refractivity contribution is -0.301. The smallest absolute Gasteiger partial charge is 0.314 e. The summed E-state index contributed by atoms with van der Waals surface area (Å²) in [5.74, 6) is -5.13. The third kappa shape index (κ3) is 4.02. The third-order valence-corrected chi connectivity index (χ3v) is 4.96. The van der Waals surface area contributed by atoms with Gasteiger partial charge in [0, 0.05) is 0 Å². The van der Waals surface area contributed by atoms with Gasteiger partial charge < -0.3 is 33.5 Å². The Labute approximate surface area is 160 Å². The molecule has 0 unspecified atom stereocenters. The summed E-state index contributed by atoms with van der Waals surface area (Å²) in [4.78, 5) is 12.6. The van der Waals surface area contributed by atoms with Crippen molar-refractivity contribution >= 4 is 5.97 Å². The van der Waals surface area contributed by atoms with E-state index in [0.29, 0.717) is 6.61 Å². The lowest BCUT2D eigenvalue weighted by atomic mass is 9.93. The number of hydrogen-bond donors (Lipinski definition) is 1. The van der Waals surface area contributed by atoms with Gasteiger partial charge in [-0.3, -0.25) is 4.79 Å². The Morgan fingerprint density at radius 3 is 2.19 bits per heavy atom. The van der Waals surface area contributed by atoms with Crippen LogP contribution in [0.2, 0.25) is 0 Å². The molecule has 0 aromatic heterocycles. The molecule has 3 heterocycles. The van der Waals surface area contributed by atoms with Crippen LogP contribution in [-0.2, 0) is 33.2 Å². The molecule has 3 rings (SSSR count). The van der Waals surface area contributed by atoms with Crippen LogP contribution >= 0.6 is 0 Å². The molecule has 0 amide bonds. The fourth-order valence-electron chi connectivity index (χ4n) is 3.77. The SMILES string of the molecule is C[C@@H](C(=O)OC(C)(C)C)[C@]1(O)O[C@H]([C@H]2COC(C)(C)O2)[C@@H]2OC(C)(C)O[C@@H]21. The second kappa shape index (κ2) is 6.37. The molecule has 156 valence electrons. The van der Waals surface area contributed by atoms with Crippen LogP contribution in [0.25, 0.3) is 0 Å². The Bertz CT molecular complexity index is 595. The van der Waals surface area contributed by atoms with E-state index in [1.807, 2.05) is 13.8 Å². The highest BCUT2D eigenvalue weighted by Gasteiger charge is 2.68. The van der Waals surface area contributed by atoms with Crippen molar-refractivity contribution < 1.29 is 38.3 Å². The van der Waals surface area contributed by atoms with Gasteiger partial charge in [-0.2, -0.15) is 0 Å². The number of fused-ring (bicyclic) bond motifs is 1. The van der Waals surface area contributed by atoms with Crippen LogP contribution in [0.5, 0.6) is 0 Å². The van der Waals surface area contributed by atoms with E-state index in [-0.39, 0.29) is 0 Å². The van der Waals surface area contributed by atoms with Gasteiger partial charge in [-0.05, 0) is 55.4 Å². The van der Waals surface area contributed by atoms with Crippen LogP contribution in [0.4, 0.5) is 0 Å². The first kappa shape index (κ1) is 21.0. The number of carbonyl (C=O) groups is 1. The molecule has 3 aliphatic heterocycles. The predicted molar refractivity (Wildman–Crippen MR) is 93.6 cm³/mol. The van der Waals surface area contributed by atoms with E-state index in [0.717, 1.165) is 0 Å². The van der Waals surface area contributed by atoms with Crippen LogP contribution in [-0.4, -0.2) is 65.1 Å². The van der Waals surface area contributed by atoms with Gasteiger partial charge in [-0.15, -0.1) is 0 Å². The Kier molecular flexibility index (Phi) is 4.94. The highest BCUT2D eigenvalue weighted by atomic mass is 16.8. The van der Waals surface area contributed by atoms with E-state index in [2.05, 4.69) is 0 Å². The molecule has 8 nitrogen and oxygen atoms in total. The number of esters is 1. The van der Waals surface area contributed by atoms with Gasteiger partial charge in [0.1, 0.15) is 35.9 Å². The summed E-state index contributed by atoms with van der Waals surface area (Å²) in [6.07, 6.45) is -2.55. The normalized spacial score (nSPS) is 41.4. The largest absolute Gasteiger partial charge is 0.460 e. The van der Waals surface area contributed by atoms with Gasteiger partial charge in [-0.1, -0.05) is 0 Å². The molecule has 3 aliphatic rings. The fraction of sp³-hybridized carbons (Fsp3) is 0.947. The summed E-state index contributed by atoms with van der Waals surface area (Å²) in [6, 6.07) is 0. The van der Waals surface area contributed by atoms with E-state index in [9.17, 15) is 9.90 Å². The van der Waals surface area contributed by atoms with E-state index < -0.39 is 59.3 Å². The van der Waals surface area contributed by atoms with Crippen molar-refractivity contribution in [2.75, 3.05) is 6.61 Å². The molecule has 1 N–H and O–H groups in total. The molecule has 0 aromatic carbocycles. The maximum absolute atomic E-state index is 12.6. The number of ether oxygens (including phenoxy) is 6. The predicted octanol–water partition coefficient (Wildman–Crippen LogP) is 1.72. The molecule has 3 saturated heterocycles. The number of carbonyl (C=O) groups excluding carboxylic acids is 1. The summed E-state index contributed by atoms with van der Waals surface area (Å²) in [5, 5.41) is 11.4. The first-order chi connectivity index (χ1) is 12.1. The molecule has 6 atom stereocenters. The maximum Gasteiger partial charge on any atom is 0.314 e. The summed E-state index contributed by atoms with van der Waals surface area (Å²) >= 11 is 0. The Morgan fingerprint density at radius 2 is 1.67 bits per heavy atom. The van der Waals surface area contributed by atoms with E-state index in [4.69, 9.17) is 28.4 Å². The number of rotatable bonds is 3. The van der Waals surface area contributed by atoms with Gasteiger partial charge in [0.05, 0.1) is 6.61 Å². The van der Waals surface area contributed by atoms with Crippen molar-refractivity contribution in [2.45, 2.75) is 103 Å². The van der Waals surface area contributed by atoms with Crippen LogP contribution in [0.3, 0.4) is 0 Å². The minimum absolute atomic E-state index is 0.293. The molecule has 0 bridgehead atoms. The average molecular weight is 388 g/mol. The molecule has 0 aromatic rings. The van der Waals surface area contributed by atoms with E-state index in [1.165, 1.54) is 0 Å². The zero-order valence-corrected chi connectivity index (χ0v) is 17.4. The van der Waals surface area contributed by atoms with Gasteiger partial charge in [-0.25, -0.2) is 0 Å². The van der Waals surface area contributed by atoms with Gasteiger partial charge in [0.25, 0.3) is 0 Å². The molecule has 0 spiro atoms. The van der Waals surface area contributed by atoms with Crippen LogP contribution in [0.15, 0.2) is 0 Å². The molecule has 0 saturated carbocycles. The van der Waals surface area contributed by atoms with Crippen molar-refractivity contribution in [1.82, 2.24) is 0 Å². The molecular weight excluding hydrogens is 356 g/mol. The molecule has 27 heavy (non-hydrogen) atoms. The topological polar surface area (TPSA) is 92.7 Å². The Morgan fingerprint density at radius 1 is 1.04 bits per heavy atom. The zero-order valence-electron chi connectivity index (χ0n) is 17.4. The maximum atomic E-state index is 12.6. The molecular formula is C19H32O8. The lowest BCUT2D eigenvalue weighted by Crippen LogP contribution is -2.52. The monoisotopic (exact) mass is 388 g/mol. The third-order valence-electron chi connectivity index (χ3n) is 4.96. The highest BCUT2D eigenvalue weighted by Crippen LogP contribution is 2.48. The van der Waals surface area contributed by atoms with Crippen molar-refractivity contribution in [3.63, 3.8) is 0 Å². The van der Waals surface area contributed by atoms with Crippen molar-refractivity contribution in [3.8, 4) is 0 Å². The van der Waals surface area contributed by atoms with Crippen LogP contribution in [0.1, 0.15) is 55.4 Å². The summed E-state index contributed by atoms with van der Waals surface area (Å²) < 4.78 is 34.9. The Hall–Kier alpha value is -0.770. The number of aliphatic hydroxyl groups is 1. The zero-order chi connectivity index (χ0) is 20.4. The molecule has 8 heteroatoms. The van der Waals surface area contributed by atoms with E-state index in [1.54, 1.807) is 41.5 Å². The lowest BCUT2D eigenvalue weighted by Gasteiger charge is -2.35. The number of hydrogen-bond acceptors (Lipinski definition) is 8. The second-order valence-electron chi connectivity index (χ2n) is 9.48. The molecule has 0 aliphatic carbocycles.